The molecule has 0 aromatic rings. The largest absolute Gasteiger partial charge is 0.0462 e. The summed E-state index contributed by atoms with van der Waals surface area (Å²) in [5, 5.41) is 0. The van der Waals surface area contributed by atoms with Crippen LogP contribution in [-0.2, 0) is 0 Å². The lowest BCUT2D eigenvalue weighted by molar-refractivity contribution is -0.600. The summed E-state index contributed by atoms with van der Waals surface area (Å²) < 4.78 is 0. The van der Waals surface area contributed by atoms with Crippen LogP contribution in [0.25, 0.3) is 0 Å². The lowest BCUT2D eigenvalue weighted by Gasteiger charge is -3.07. The average molecular weight is 117 g/mol. The highest BCUT2D eigenvalue weighted by Gasteiger charge is 3.02. The highest BCUT2D eigenvalue weighted by atomic mass is 15.1. The second-order valence-corrected chi connectivity index (χ2v) is 5.00. The maximum Gasteiger partial charge on any atom is -0.0195 e. The van der Waals surface area contributed by atoms with Crippen molar-refractivity contribution in [3.8, 4) is 0 Å². The first-order chi connectivity index (χ1) is 4.37. The molecule has 0 N–H and O–H groups in total. The molecule has 0 unspecified atom stereocenters. The monoisotopic (exact) mass is 117 g/mol. The maximum absolute atomic E-state index is 4.37. The minimum atomic E-state index is 0.717. The van der Waals surface area contributed by atoms with Gasteiger partial charge < -0.3 is 0 Å². The van der Waals surface area contributed by atoms with E-state index in [-0.39, 0.29) is 0 Å². The molecule has 0 spiro atoms. The van der Waals surface area contributed by atoms with E-state index in [0.717, 1.165) is 5.41 Å². The third-order valence-electron chi connectivity index (χ3n) is 5.68. The van der Waals surface area contributed by atoms with Crippen LogP contribution in [0.3, 0.4) is 0 Å². The van der Waals surface area contributed by atoms with Crippen molar-refractivity contribution in [2.75, 3.05) is 0 Å². The fourth-order valence-electron chi connectivity index (χ4n) is 5.67. The molecule has 0 aromatic carbocycles. The van der Waals surface area contributed by atoms with Gasteiger partial charge in [-0.05, 0) is 53.8 Å². The smallest absolute Gasteiger partial charge is 0.0195 e. The molecule has 6 rings (SSSR count). The SMILES string of the molecule is [CH2]C12C3C4C5C3C1C5C42. The molecule has 0 bridgehead atoms. The van der Waals surface area contributed by atoms with E-state index < -0.39 is 0 Å². The quantitative estimate of drug-likeness (QED) is 0.447. The summed E-state index contributed by atoms with van der Waals surface area (Å²) in [6, 6.07) is 0. The summed E-state index contributed by atoms with van der Waals surface area (Å²) in [6.45, 7) is 4.37. The van der Waals surface area contributed by atoms with Crippen LogP contribution in [0, 0.1) is 53.8 Å². The fourth-order valence-corrected chi connectivity index (χ4v) is 5.67. The molecule has 0 heteroatoms. The highest BCUT2D eigenvalue weighted by molar-refractivity contribution is 5.50. The Labute approximate surface area is 54.6 Å². The third kappa shape index (κ3) is 0.0988. The summed E-state index contributed by atoms with van der Waals surface area (Å²) in [5.74, 6) is 8.49. The van der Waals surface area contributed by atoms with E-state index in [1.807, 2.05) is 0 Å². The lowest BCUT2D eigenvalue weighted by atomic mass is 8.97. The van der Waals surface area contributed by atoms with E-state index in [1.54, 1.807) is 0 Å². The Morgan fingerprint density at radius 1 is 0.778 bits per heavy atom. The Bertz CT molecular complexity index is 202. The first-order valence-corrected chi connectivity index (χ1v) is 4.22. The van der Waals surface area contributed by atoms with E-state index in [4.69, 9.17) is 0 Å². The molecule has 0 amide bonds. The summed E-state index contributed by atoms with van der Waals surface area (Å²) in [4.78, 5) is 0. The van der Waals surface area contributed by atoms with Gasteiger partial charge in [-0.1, -0.05) is 0 Å². The Morgan fingerprint density at radius 3 is 1.44 bits per heavy atom. The second kappa shape index (κ2) is 0.538. The van der Waals surface area contributed by atoms with Crippen LogP contribution in [0.5, 0.6) is 0 Å². The Kier molecular flexibility index (Phi) is 0.204. The summed E-state index contributed by atoms with van der Waals surface area (Å²) in [7, 11) is 0. The summed E-state index contributed by atoms with van der Waals surface area (Å²) in [5.41, 5.74) is 0.717. The van der Waals surface area contributed by atoms with E-state index in [2.05, 4.69) is 6.92 Å². The molecule has 1 radical (unpaired) electrons. The van der Waals surface area contributed by atoms with Crippen molar-refractivity contribution in [2.45, 2.75) is 0 Å². The Morgan fingerprint density at radius 2 is 1.22 bits per heavy atom. The molecule has 6 aliphatic carbocycles. The Balaban J connectivity index is 1.93. The van der Waals surface area contributed by atoms with Crippen molar-refractivity contribution in [3.05, 3.63) is 6.92 Å². The van der Waals surface area contributed by atoms with Gasteiger partial charge in [0.15, 0.2) is 0 Å². The zero-order valence-electron chi connectivity index (χ0n) is 5.25. The first-order valence-electron chi connectivity index (χ1n) is 4.22. The van der Waals surface area contributed by atoms with Crippen LogP contribution in [0.2, 0.25) is 0 Å². The van der Waals surface area contributed by atoms with Gasteiger partial charge in [0.2, 0.25) is 0 Å². The molecule has 0 atom stereocenters. The molecule has 0 heterocycles. The summed E-state index contributed by atoms with van der Waals surface area (Å²) >= 11 is 0. The van der Waals surface area contributed by atoms with Crippen molar-refractivity contribution < 1.29 is 0 Å². The minimum Gasteiger partial charge on any atom is -0.0462 e. The zero-order chi connectivity index (χ0) is 5.54. The van der Waals surface area contributed by atoms with Gasteiger partial charge in [-0.2, -0.15) is 0 Å². The normalized spacial score (nSPS) is 106. The van der Waals surface area contributed by atoms with E-state index >= 15 is 0 Å². The molecular formula is C9H9. The van der Waals surface area contributed by atoms with Crippen molar-refractivity contribution >= 4 is 0 Å². The van der Waals surface area contributed by atoms with Crippen molar-refractivity contribution in [1.82, 2.24) is 0 Å². The standard InChI is InChI=1S/C9H9/c1-9-6-3-2-4(6)8(9)5(2)7(3)9/h2-8H,1H2. The van der Waals surface area contributed by atoms with Crippen molar-refractivity contribution in [3.63, 3.8) is 0 Å². The second-order valence-electron chi connectivity index (χ2n) is 5.00. The van der Waals surface area contributed by atoms with Gasteiger partial charge in [0, 0.05) is 0 Å². The van der Waals surface area contributed by atoms with Crippen LogP contribution in [-0.4, -0.2) is 0 Å². The van der Waals surface area contributed by atoms with Crippen LogP contribution >= 0.6 is 0 Å². The van der Waals surface area contributed by atoms with Gasteiger partial charge in [-0.25, -0.2) is 0 Å². The first kappa shape index (κ1) is 3.41. The molecule has 0 aromatic heterocycles. The van der Waals surface area contributed by atoms with Gasteiger partial charge in [0.1, 0.15) is 0 Å². The lowest BCUT2D eigenvalue weighted by Crippen LogP contribution is -3.04. The molecule has 6 fully saturated rings. The number of hydrogen-bond acceptors (Lipinski definition) is 0. The predicted octanol–water partition coefficient (Wildman–Crippen LogP) is 1.19. The summed E-state index contributed by atoms with van der Waals surface area (Å²) in [6.07, 6.45) is 0. The van der Waals surface area contributed by atoms with Crippen LogP contribution in [0.1, 0.15) is 0 Å². The third-order valence-corrected chi connectivity index (χ3v) is 5.68. The van der Waals surface area contributed by atoms with E-state index in [9.17, 15) is 0 Å². The number of rotatable bonds is 0. The van der Waals surface area contributed by atoms with Crippen LogP contribution in [0.15, 0.2) is 0 Å². The molecule has 9 heavy (non-hydrogen) atoms. The van der Waals surface area contributed by atoms with Gasteiger partial charge in [0.05, 0.1) is 0 Å². The van der Waals surface area contributed by atoms with E-state index in [1.165, 1.54) is 41.4 Å². The zero-order valence-corrected chi connectivity index (χ0v) is 5.25. The molecule has 0 aliphatic heterocycles. The maximum atomic E-state index is 4.37. The van der Waals surface area contributed by atoms with Gasteiger partial charge in [-0.3, -0.25) is 0 Å². The molecule has 0 nitrogen and oxygen atoms in total. The van der Waals surface area contributed by atoms with E-state index in [0.29, 0.717) is 0 Å². The molecule has 0 saturated heterocycles. The topological polar surface area (TPSA) is 0 Å². The Hall–Kier alpha value is 0. The molecule has 45 valence electrons. The van der Waals surface area contributed by atoms with Gasteiger partial charge in [-0.15, -0.1) is 0 Å². The van der Waals surface area contributed by atoms with Crippen molar-refractivity contribution in [1.29, 1.82) is 0 Å². The van der Waals surface area contributed by atoms with Gasteiger partial charge in [0.25, 0.3) is 0 Å². The molecule has 6 saturated carbocycles. The average Bonchev–Trinajstić information content (AvgIpc) is 1.88. The minimum absolute atomic E-state index is 0.717. The van der Waals surface area contributed by atoms with Crippen LogP contribution in [0.4, 0.5) is 0 Å². The predicted molar refractivity (Wildman–Crippen MR) is 32.2 cm³/mol. The van der Waals surface area contributed by atoms with Crippen molar-refractivity contribution in [2.24, 2.45) is 46.8 Å². The molecular weight excluding hydrogens is 108 g/mol. The number of hydrogen-bond donors (Lipinski definition) is 0. The van der Waals surface area contributed by atoms with Crippen LogP contribution < -0.4 is 0 Å². The fraction of sp³-hybridized carbons (Fsp3) is 0.889. The highest BCUT2D eigenvalue weighted by Crippen LogP contribution is 3.05. The molecule has 6 aliphatic rings. The van der Waals surface area contributed by atoms with Gasteiger partial charge >= 0.3 is 0 Å².